The van der Waals surface area contributed by atoms with Crippen LogP contribution in [0.1, 0.15) is 55.7 Å². The first kappa shape index (κ1) is 12.0. The number of rotatable bonds is 3. The van der Waals surface area contributed by atoms with Crippen LogP contribution in [-0.2, 0) is 16.8 Å². The van der Waals surface area contributed by atoms with E-state index >= 15 is 0 Å². The van der Waals surface area contributed by atoms with Gasteiger partial charge in [0, 0.05) is 12.7 Å². The highest BCUT2D eigenvalue weighted by Gasteiger charge is 2.39. The normalized spacial score (nSPS) is 28.2. The molecule has 2 nitrogen and oxygen atoms in total. The smallest absolute Gasteiger partial charge is 0.125 e. The Bertz CT molecular complexity index is 476. The summed E-state index contributed by atoms with van der Waals surface area (Å²) in [5.74, 6) is 1.73. The van der Waals surface area contributed by atoms with Crippen LogP contribution in [0.4, 0.5) is 0 Å². The molecule has 0 amide bonds. The number of hydrogen-bond donors (Lipinski definition) is 1. The van der Waals surface area contributed by atoms with E-state index in [9.17, 15) is 5.11 Å². The number of aromatic hydroxyl groups is 1. The van der Waals surface area contributed by atoms with Gasteiger partial charge in [0.05, 0.1) is 5.60 Å². The van der Waals surface area contributed by atoms with Crippen LogP contribution >= 0.6 is 0 Å². The summed E-state index contributed by atoms with van der Waals surface area (Å²) in [6, 6.07) is 4.31. The van der Waals surface area contributed by atoms with E-state index in [1.807, 2.05) is 0 Å². The van der Waals surface area contributed by atoms with Crippen LogP contribution in [-0.4, -0.2) is 12.2 Å². The molecule has 0 spiro atoms. The molecule has 1 N–H and O–H groups in total. The fourth-order valence-corrected chi connectivity index (χ4v) is 3.37. The third-order valence-corrected chi connectivity index (χ3v) is 4.97. The zero-order valence-electron chi connectivity index (χ0n) is 11.5. The summed E-state index contributed by atoms with van der Waals surface area (Å²) in [5, 5.41) is 10.6. The minimum absolute atomic E-state index is 0.307. The second-order valence-corrected chi connectivity index (χ2v) is 6.10. The van der Waals surface area contributed by atoms with Crippen molar-refractivity contribution in [3.05, 3.63) is 28.8 Å². The number of methoxy groups -OCH3 is 1. The van der Waals surface area contributed by atoms with Gasteiger partial charge in [0.25, 0.3) is 0 Å². The van der Waals surface area contributed by atoms with Crippen molar-refractivity contribution in [1.82, 2.24) is 0 Å². The molecule has 18 heavy (non-hydrogen) atoms. The number of benzene rings is 1. The molecule has 1 fully saturated rings. The maximum absolute atomic E-state index is 10.6. The van der Waals surface area contributed by atoms with Crippen molar-refractivity contribution in [1.29, 1.82) is 0 Å². The molecule has 2 heteroatoms. The number of hydrogen-bond acceptors (Lipinski definition) is 2. The molecule has 2 atom stereocenters. The highest BCUT2D eigenvalue weighted by atomic mass is 16.5. The maximum atomic E-state index is 10.6. The largest absolute Gasteiger partial charge is 0.507 e. The standard InChI is InChI=1S/C16H22O2/c1-10(11-4-5-11)13-7-6-12-8-9-16(2,18-3)14(12)15(13)17/h6-7,10-11,17H,4-5,8-9H2,1-3H3/t10-,16+/m1/s1. The zero-order valence-corrected chi connectivity index (χ0v) is 11.5. The molecule has 0 saturated heterocycles. The van der Waals surface area contributed by atoms with Gasteiger partial charge in [-0.1, -0.05) is 19.1 Å². The van der Waals surface area contributed by atoms with Gasteiger partial charge in [-0.25, -0.2) is 0 Å². The average molecular weight is 246 g/mol. The molecule has 2 aliphatic carbocycles. The topological polar surface area (TPSA) is 29.5 Å². The van der Waals surface area contributed by atoms with E-state index in [2.05, 4.69) is 26.0 Å². The Hall–Kier alpha value is -1.02. The van der Waals surface area contributed by atoms with Gasteiger partial charge in [-0.15, -0.1) is 0 Å². The highest BCUT2D eigenvalue weighted by Crippen LogP contribution is 2.50. The van der Waals surface area contributed by atoms with Gasteiger partial charge in [0.15, 0.2) is 0 Å². The Kier molecular flexibility index (Phi) is 2.67. The van der Waals surface area contributed by atoms with Crippen molar-refractivity contribution in [3.63, 3.8) is 0 Å². The molecule has 3 rings (SSSR count). The van der Waals surface area contributed by atoms with Crippen molar-refractivity contribution in [2.24, 2.45) is 5.92 Å². The van der Waals surface area contributed by atoms with E-state index in [1.165, 1.54) is 18.4 Å². The second-order valence-electron chi connectivity index (χ2n) is 6.10. The van der Waals surface area contributed by atoms with E-state index in [4.69, 9.17) is 4.74 Å². The Morgan fingerprint density at radius 3 is 2.72 bits per heavy atom. The number of aryl methyl sites for hydroxylation is 1. The van der Waals surface area contributed by atoms with Crippen molar-refractivity contribution in [2.45, 2.75) is 51.0 Å². The van der Waals surface area contributed by atoms with Gasteiger partial charge in [-0.2, -0.15) is 0 Å². The third-order valence-electron chi connectivity index (χ3n) is 4.97. The fourth-order valence-electron chi connectivity index (χ4n) is 3.37. The molecule has 0 unspecified atom stereocenters. The molecule has 1 aromatic rings. The van der Waals surface area contributed by atoms with E-state index < -0.39 is 0 Å². The van der Waals surface area contributed by atoms with E-state index in [0.29, 0.717) is 11.7 Å². The summed E-state index contributed by atoms with van der Waals surface area (Å²) >= 11 is 0. The van der Waals surface area contributed by atoms with E-state index in [1.54, 1.807) is 7.11 Å². The first-order valence-electron chi connectivity index (χ1n) is 6.97. The Labute approximate surface area is 109 Å². The zero-order chi connectivity index (χ0) is 12.9. The molecule has 0 radical (unpaired) electrons. The monoisotopic (exact) mass is 246 g/mol. The lowest BCUT2D eigenvalue weighted by Crippen LogP contribution is -2.21. The van der Waals surface area contributed by atoms with Crippen molar-refractivity contribution in [3.8, 4) is 5.75 Å². The summed E-state index contributed by atoms with van der Waals surface area (Å²) in [7, 11) is 1.74. The molecular formula is C16H22O2. The molecular weight excluding hydrogens is 224 g/mol. The molecule has 2 aliphatic rings. The third kappa shape index (κ3) is 1.66. The average Bonchev–Trinajstić information content (AvgIpc) is 3.15. The number of phenols is 1. The summed E-state index contributed by atoms with van der Waals surface area (Å²) in [4.78, 5) is 0. The number of fused-ring (bicyclic) bond motifs is 1. The Morgan fingerprint density at radius 2 is 2.11 bits per heavy atom. The molecule has 1 saturated carbocycles. The van der Waals surface area contributed by atoms with Crippen molar-refractivity contribution in [2.75, 3.05) is 7.11 Å². The van der Waals surface area contributed by atoms with Crippen LogP contribution in [0.2, 0.25) is 0 Å². The molecule has 0 aromatic heterocycles. The first-order valence-corrected chi connectivity index (χ1v) is 6.97. The molecule has 98 valence electrons. The predicted octanol–water partition coefficient (Wildman–Crippen LogP) is 3.71. The lowest BCUT2D eigenvalue weighted by atomic mass is 9.88. The summed E-state index contributed by atoms with van der Waals surface area (Å²) in [5.41, 5.74) is 3.10. The minimum Gasteiger partial charge on any atom is -0.507 e. The SMILES string of the molecule is CO[C@@]1(C)CCc2ccc([C@H](C)C3CC3)c(O)c21. The lowest BCUT2D eigenvalue weighted by molar-refractivity contribution is 0.00211. The van der Waals surface area contributed by atoms with Crippen LogP contribution in [0.25, 0.3) is 0 Å². The van der Waals surface area contributed by atoms with Gasteiger partial charge < -0.3 is 9.84 Å². The van der Waals surface area contributed by atoms with Crippen molar-refractivity contribution < 1.29 is 9.84 Å². The fraction of sp³-hybridized carbons (Fsp3) is 0.625. The highest BCUT2D eigenvalue weighted by molar-refractivity contribution is 5.52. The van der Waals surface area contributed by atoms with Gasteiger partial charge in [0.2, 0.25) is 0 Å². The van der Waals surface area contributed by atoms with Crippen LogP contribution in [0.15, 0.2) is 12.1 Å². The van der Waals surface area contributed by atoms with E-state index in [-0.39, 0.29) is 5.60 Å². The molecule has 0 bridgehead atoms. The first-order chi connectivity index (χ1) is 8.57. The quantitative estimate of drug-likeness (QED) is 0.881. The maximum Gasteiger partial charge on any atom is 0.125 e. The number of phenolic OH excluding ortho intramolecular Hbond substituents is 1. The molecule has 0 heterocycles. The van der Waals surface area contributed by atoms with Crippen LogP contribution in [0.5, 0.6) is 5.75 Å². The second kappa shape index (κ2) is 3.99. The Morgan fingerprint density at radius 1 is 1.39 bits per heavy atom. The lowest BCUT2D eigenvalue weighted by Gasteiger charge is -2.26. The van der Waals surface area contributed by atoms with Crippen LogP contribution in [0.3, 0.4) is 0 Å². The number of ether oxygens (including phenoxy) is 1. The van der Waals surface area contributed by atoms with Gasteiger partial charge >= 0.3 is 0 Å². The van der Waals surface area contributed by atoms with E-state index in [0.717, 1.165) is 29.9 Å². The van der Waals surface area contributed by atoms with Gasteiger partial charge in [-0.05, 0) is 55.6 Å². The summed E-state index contributed by atoms with van der Waals surface area (Å²) in [6.07, 6.45) is 4.58. The molecule has 0 aliphatic heterocycles. The van der Waals surface area contributed by atoms with Crippen molar-refractivity contribution >= 4 is 0 Å². The van der Waals surface area contributed by atoms with Gasteiger partial charge in [-0.3, -0.25) is 0 Å². The Balaban J connectivity index is 2.07. The molecule has 1 aromatic carbocycles. The minimum atomic E-state index is -0.307. The van der Waals surface area contributed by atoms with Crippen LogP contribution < -0.4 is 0 Å². The van der Waals surface area contributed by atoms with Crippen LogP contribution in [0, 0.1) is 5.92 Å². The predicted molar refractivity (Wildman–Crippen MR) is 71.9 cm³/mol. The van der Waals surface area contributed by atoms with Gasteiger partial charge in [0.1, 0.15) is 5.75 Å². The summed E-state index contributed by atoms with van der Waals surface area (Å²) < 4.78 is 5.66. The summed E-state index contributed by atoms with van der Waals surface area (Å²) in [6.45, 7) is 4.32.